The maximum absolute atomic E-state index is 4.28. The number of hydrogen-bond acceptors (Lipinski definition) is 4. The molecule has 0 bridgehead atoms. The Morgan fingerprint density at radius 1 is 1.29 bits per heavy atom. The van der Waals surface area contributed by atoms with Gasteiger partial charge in [0.05, 0.1) is 11.6 Å². The second-order valence-electron chi connectivity index (χ2n) is 4.83. The summed E-state index contributed by atoms with van der Waals surface area (Å²) in [6, 6.07) is 0. The van der Waals surface area contributed by atoms with Crippen LogP contribution >= 0.6 is 0 Å². The van der Waals surface area contributed by atoms with Crippen LogP contribution in [-0.2, 0) is 7.05 Å². The summed E-state index contributed by atoms with van der Waals surface area (Å²) in [5.41, 5.74) is 0.861. The summed E-state index contributed by atoms with van der Waals surface area (Å²) in [5.74, 6) is 2.14. The fourth-order valence-corrected chi connectivity index (χ4v) is 1.60. The van der Waals surface area contributed by atoms with Gasteiger partial charge in [-0.25, -0.2) is 9.97 Å². The van der Waals surface area contributed by atoms with Crippen molar-refractivity contribution in [3.63, 3.8) is 0 Å². The third-order valence-electron chi connectivity index (χ3n) is 3.26. The average Bonchev–Trinajstić information content (AvgIpc) is 2.69. The first-order valence-corrected chi connectivity index (χ1v) is 5.96. The van der Waals surface area contributed by atoms with E-state index in [0.717, 1.165) is 23.4 Å². The molecule has 2 aromatic heterocycles. The summed E-state index contributed by atoms with van der Waals surface area (Å²) in [4.78, 5) is 8.49. The molecule has 5 heteroatoms. The molecule has 0 aliphatic rings. The zero-order valence-electron chi connectivity index (χ0n) is 10.8. The summed E-state index contributed by atoms with van der Waals surface area (Å²) in [5, 5.41) is 8.55. The number of anilines is 1. The van der Waals surface area contributed by atoms with Crippen LogP contribution in [0.15, 0.2) is 12.5 Å². The minimum atomic E-state index is 0.608. The van der Waals surface area contributed by atoms with Crippen molar-refractivity contribution in [2.24, 2.45) is 18.9 Å². The number of aryl methyl sites for hydroxylation is 1. The maximum Gasteiger partial charge on any atom is 0.163 e. The molecular weight excluding hydrogens is 214 g/mol. The maximum atomic E-state index is 4.28. The molecule has 0 amide bonds. The summed E-state index contributed by atoms with van der Waals surface area (Å²) >= 11 is 0. The van der Waals surface area contributed by atoms with Crippen LogP contribution in [0.2, 0.25) is 0 Å². The number of fused-ring (bicyclic) bond motifs is 1. The Morgan fingerprint density at radius 2 is 2.06 bits per heavy atom. The van der Waals surface area contributed by atoms with Gasteiger partial charge in [-0.2, -0.15) is 5.10 Å². The Balaban J connectivity index is 2.19. The van der Waals surface area contributed by atoms with Gasteiger partial charge in [-0.15, -0.1) is 0 Å². The fourth-order valence-electron chi connectivity index (χ4n) is 1.60. The third-order valence-corrected chi connectivity index (χ3v) is 3.26. The lowest BCUT2D eigenvalue weighted by Crippen LogP contribution is -2.17. The number of aromatic nitrogens is 4. The summed E-state index contributed by atoms with van der Waals surface area (Å²) < 4.78 is 1.76. The van der Waals surface area contributed by atoms with E-state index in [1.807, 2.05) is 7.05 Å². The first-order chi connectivity index (χ1) is 8.09. The highest BCUT2D eigenvalue weighted by Crippen LogP contribution is 2.19. The predicted molar refractivity (Wildman–Crippen MR) is 68.8 cm³/mol. The smallest absolute Gasteiger partial charge is 0.163 e. The third kappa shape index (κ3) is 2.38. The van der Waals surface area contributed by atoms with Crippen molar-refractivity contribution in [3.8, 4) is 0 Å². The van der Waals surface area contributed by atoms with Crippen molar-refractivity contribution >= 4 is 16.9 Å². The van der Waals surface area contributed by atoms with Crippen LogP contribution in [-0.4, -0.2) is 26.3 Å². The summed E-state index contributed by atoms with van der Waals surface area (Å²) in [6.45, 7) is 7.61. The molecule has 2 rings (SSSR count). The lowest BCUT2D eigenvalue weighted by atomic mass is 9.98. The molecule has 0 saturated carbocycles. The molecular formula is C12H19N5. The van der Waals surface area contributed by atoms with Crippen molar-refractivity contribution in [2.45, 2.75) is 20.8 Å². The molecule has 17 heavy (non-hydrogen) atoms. The van der Waals surface area contributed by atoms with Crippen molar-refractivity contribution in [2.75, 3.05) is 11.9 Å². The van der Waals surface area contributed by atoms with Crippen molar-refractivity contribution in [3.05, 3.63) is 12.5 Å². The summed E-state index contributed by atoms with van der Waals surface area (Å²) in [7, 11) is 1.88. The van der Waals surface area contributed by atoms with Gasteiger partial charge in [-0.05, 0) is 11.8 Å². The molecule has 0 spiro atoms. The molecule has 1 N–H and O–H groups in total. The van der Waals surface area contributed by atoms with Crippen LogP contribution < -0.4 is 5.32 Å². The number of nitrogens with one attached hydrogen (secondary N) is 1. The van der Waals surface area contributed by atoms with E-state index in [0.29, 0.717) is 11.8 Å². The second-order valence-corrected chi connectivity index (χ2v) is 4.83. The van der Waals surface area contributed by atoms with E-state index >= 15 is 0 Å². The van der Waals surface area contributed by atoms with E-state index in [4.69, 9.17) is 0 Å². The van der Waals surface area contributed by atoms with E-state index < -0.39 is 0 Å². The Hall–Kier alpha value is -1.65. The van der Waals surface area contributed by atoms with Crippen molar-refractivity contribution in [1.29, 1.82) is 0 Å². The molecule has 0 radical (unpaired) electrons. The van der Waals surface area contributed by atoms with E-state index in [2.05, 4.69) is 41.2 Å². The minimum Gasteiger partial charge on any atom is -0.369 e. The van der Waals surface area contributed by atoms with Crippen molar-refractivity contribution in [1.82, 2.24) is 19.7 Å². The highest BCUT2D eigenvalue weighted by Gasteiger charge is 2.10. The molecule has 2 heterocycles. The zero-order valence-corrected chi connectivity index (χ0v) is 10.8. The molecule has 0 saturated heterocycles. The van der Waals surface area contributed by atoms with E-state index in [-0.39, 0.29) is 0 Å². The van der Waals surface area contributed by atoms with Crippen LogP contribution in [0.1, 0.15) is 20.8 Å². The van der Waals surface area contributed by atoms with Gasteiger partial charge in [-0.1, -0.05) is 20.8 Å². The van der Waals surface area contributed by atoms with Gasteiger partial charge < -0.3 is 5.32 Å². The zero-order chi connectivity index (χ0) is 12.4. The first-order valence-electron chi connectivity index (χ1n) is 5.96. The van der Waals surface area contributed by atoms with Crippen LogP contribution in [0.4, 0.5) is 5.82 Å². The van der Waals surface area contributed by atoms with Gasteiger partial charge in [0.1, 0.15) is 12.1 Å². The molecule has 5 nitrogen and oxygen atoms in total. The Kier molecular flexibility index (Phi) is 3.26. The van der Waals surface area contributed by atoms with E-state index in [9.17, 15) is 0 Å². The van der Waals surface area contributed by atoms with Gasteiger partial charge in [0.15, 0.2) is 5.65 Å². The van der Waals surface area contributed by atoms with Crippen LogP contribution in [0.5, 0.6) is 0 Å². The SMILES string of the molecule is CC(C)C(C)CNc1ncnc2c1cnn2C. The molecule has 0 fully saturated rings. The lowest BCUT2D eigenvalue weighted by Gasteiger charge is -2.16. The van der Waals surface area contributed by atoms with Gasteiger partial charge in [0.2, 0.25) is 0 Å². The van der Waals surface area contributed by atoms with Gasteiger partial charge >= 0.3 is 0 Å². The first kappa shape index (κ1) is 11.8. The average molecular weight is 233 g/mol. The van der Waals surface area contributed by atoms with Gasteiger partial charge in [-0.3, -0.25) is 4.68 Å². The quantitative estimate of drug-likeness (QED) is 0.878. The molecule has 1 atom stereocenters. The molecule has 0 aliphatic carbocycles. The monoisotopic (exact) mass is 233 g/mol. The van der Waals surface area contributed by atoms with Crippen LogP contribution in [0.25, 0.3) is 11.0 Å². The normalized spacial score (nSPS) is 13.2. The van der Waals surface area contributed by atoms with Crippen molar-refractivity contribution < 1.29 is 0 Å². The van der Waals surface area contributed by atoms with Gasteiger partial charge in [0, 0.05) is 13.6 Å². The highest BCUT2D eigenvalue weighted by atomic mass is 15.3. The number of hydrogen-bond donors (Lipinski definition) is 1. The molecule has 1 unspecified atom stereocenters. The Bertz CT molecular complexity index is 503. The largest absolute Gasteiger partial charge is 0.369 e. The Morgan fingerprint density at radius 3 is 2.76 bits per heavy atom. The van der Waals surface area contributed by atoms with Crippen LogP contribution in [0.3, 0.4) is 0 Å². The second kappa shape index (κ2) is 4.69. The predicted octanol–water partition coefficient (Wildman–Crippen LogP) is 2.07. The van der Waals surface area contributed by atoms with Gasteiger partial charge in [0.25, 0.3) is 0 Å². The topological polar surface area (TPSA) is 55.6 Å². The van der Waals surface area contributed by atoms with Crippen LogP contribution in [0, 0.1) is 11.8 Å². The Labute approximate surface area is 101 Å². The minimum absolute atomic E-state index is 0.608. The number of rotatable bonds is 4. The van der Waals surface area contributed by atoms with E-state index in [1.54, 1.807) is 17.2 Å². The highest BCUT2D eigenvalue weighted by molar-refractivity contribution is 5.85. The molecule has 0 aliphatic heterocycles. The lowest BCUT2D eigenvalue weighted by molar-refractivity contribution is 0.439. The molecule has 92 valence electrons. The standard InChI is InChI=1S/C12H19N5/c1-8(2)9(3)5-13-11-10-6-16-17(4)12(10)15-7-14-11/h6-9H,5H2,1-4H3,(H,13,14,15). The number of nitrogens with zero attached hydrogens (tertiary/aromatic N) is 4. The fraction of sp³-hybridized carbons (Fsp3) is 0.583. The molecule has 2 aromatic rings. The summed E-state index contributed by atoms with van der Waals surface area (Å²) in [6.07, 6.45) is 3.38. The molecule has 0 aromatic carbocycles. The van der Waals surface area contributed by atoms with E-state index in [1.165, 1.54) is 0 Å².